The molecule has 26 heavy (non-hydrogen) atoms. The van der Waals surface area contributed by atoms with Gasteiger partial charge in [0.1, 0.15) is 0 Å². The number of carbonyl (C=O) groups excluding carboxylic acids is 1. The number of ether oxygens (including phenoxy) is 1. The molecular weight excluding hydrogens is 354 g/mol. The molecule has 8 heteroatoms. The zero-order valence-corrected chi connectivity index (χ0v) is 15.0. The minimum absolute atomic E-state index is 0.0343. The maximum atomic E-state index is 12.5. The summed E-state index contributed by atoms with van der Waals surface area (Å²) in [5, 5.41) is 2.79. The zero-order valence-electron chi connectivity index (χ0n) is 14.2. The molecule has 1 unspecified atom stereocenters. The van der Waals surface area contributed by atoms with Gasteiger partial charge in [-0.25, -0.2) is 13.1 Å². The maximum Gasteiger partial charge on any atom is 0.251 e. The molecule has 0 spiro atoms. The van der Waals surface area contributed by atoms with Crippen LogP contribution in [0.2, 0.25) is 0 Å². The number of aromatic nitrogens is 1. The Hall–Kier alpha value is -2.29. The lowest BCUT2D eigenvalue weighted by Crippen LogP contribution is -2.32. The Morgan fingerprint density at radius 3 is 2.88 bits per heavy atom. The van der Waals surface area contributed by atoms with Crippen LogP contribution in [0.25, 0.3) is 0 Å². The van der Waals surface area contributed by atoms with E-state index in [1.54, 1.807) is 36.7 Å². The van der Waals surface area contributed by atoms with Gasteiger partial charge in [-0.3, -0.25) is 9.78 Å². The smallest absolute Gasteiger partial charge is 0.251 e. The van der Waals surface area contributed by atoms with Crippen LogP contribution < -0.4 is 10.0 Å². The van der Waals surface area contributed by atoms with Crippen molar-refractivity contribution >= 4 is 15.9 Å². The summed E-state index contributed by atoms with van der Waals surface area (Å²) in [6.45, 7) is 1.28. The molecule has 0 saturated carbocycles. The number of nitrogens with one attached hydrogen (secondary N) is 2. The molecule has 3 rings (SSSR count). The molecule has 0 radical (unpaired) electrons. The zero-order chi connectivity index (χ0) is 18.4. The number of sulfonamides is 1. The van der Waals surface area contributed by atoms with Gasteiger partial charge in [0, 0.05) is 37.7 Å². The van der Waals surface area contributed by atoms with Crippen molar-refractivity contribution in [2.24, 2.45) is 0 Å². The van der Waals surface area contributed by atoms with Crippen LogP contribution in [0.4, 0.5) is 0 Å². The van der Waals surface area contributed by atoms with Gasteiger partial charge < -0.3 is 10.1 Å². The summed E-state index contributed by atoms with van der Waals surface area (Å²) >= 11 is 0. The molecule has 0 bridgehead atoms. The molecule has 2 N–H and O–H groups in total. The molecular formula is C18H21N3O4S. The summed E-state index contributed by atoms with van der Waals surface area (Å²) in [7, 11) is -3.73. The first-order valence-electron chi connectivity index (χ1n) is 8.43. The fourth-order valence-corrected chi connectivity index (χ4v) is 3.75. The summed E-state index contributed by atoms with van der Waals surface area (Å²) in [6, 6.07) is 9.50. The monoisotopic (exact) mass is 375 g/mol. The molecule has 1 saturated heterocycles. The number of benzene rings is 1. The van der Waals surface area contributed by atoms with Gasteiger partial charge >= 0.3 is 0 Å². The quantitative estimate of drug-likeness (QED) is 0.764. The van der Waals surface area contributed by atoms with Crippen LogP contribution in [0.5, 0.6) is 0 Å². The second-order valence-electron chi connectivity index (χ2n) is 6.06. The van der Waals surface area contributed by atoms with Crippen LogP contribution in [-0.2, 0) is 21.3 Å². The number of rotatable bonds is 7. The Bertz CT molecular complexity index is 850. The van der Waals surface area contributed by atoms with Crippen molar-refractivity contribution in [3.63, 3.8) is 0 Å². The largest absolute Gasteiger partial charge is 0.376 e. The number of hydrogen-bond acceptors (Lipinski definition) is 5. The summed E-state index contributed by atoms with van der Waals surface area (Å²) in [6.07, 6.45) is 5.17. The fourth-order valence-electron chi connectivity index (χ4n) is 2.68. The highest BCUT2D eigenvalue weighted by Crippen LogP contribution is 2.14. The first-order valence-corrected chi connectivity index (χ1v) is 9.91. The van der Waals surface area contributed by atoms with E-state index in [0.29, 0.717) is 12.1 Å². The second kappa shape index (κ2) is 8.39. The summed E-state index contributed by atoms with van der Waals surface area (Å²) in [4.78, 5) is 16.3. The molecule has 7 nitrogen and oxygen atoms in total. The van der Waals surface area contributed by atoms with Crippen LogP contribution in [0.15, 0.2) is 53.7 Å². The Morgan fingerprint density at radius 2 is 2.15 bits per heavy atom. The van der Waals surface area contributed by atoms with Crippen molar-refractivity contribution in [3.8, 4) is 0 Å². The van der Waals surface area contributed by atoms with Crippen LogP contribution in [-0.4, -0.2) is 38.6 Å². The van der Waals surface area contributed by atoms with Gasteiger partial charge in [-0.05, 0) is 42.7 Å². The lowest BCUT2D eigenvalue weighted by molar-refractivity contribution is 0.0857. The molecule has 1 aliphatic rings. The Morgan fingerprint density at radius 1 is 1.27 bits per heavy atom. The summed E-state index contributed by atoms with van der Waals surface area (Å²) in [5.41, 5.74) is 1.05. The second-order valence-corrected chi connectivity index (χ2v) is 7.83. The molecule has 2 heterocycles. The molecule has 138 valence electrons. The van der Waals surface area contributed by atoms with Crippen LogP contribution in [0.1, 0.15) is 28.8 Å². The van der Waals surface area contributed by atoms with Gasteiger partial charge in [-0.2, -0.15) is 0 Å². The van der Waals surface area contributed by atoms with Crippen molar-refractivity contribution < 1.29 is 17.9 Å². The predicted molar refractivity (Wildman–Crippen MR) is 96.0 cm³/mol. The van der Waals surface area contributed by atoms with Gasteiger partial charge in [0.05, 0.1) is 11.0 Å². The summed E-state index contributed by atoms with van der Waals surface area (Å²) in [5.74, 6) is -0.315. The van der Waals surface area contributed by atoms with E-state index in [0.717, 1.165) is 25.0 Å². The van der Waals surface area contributed by atoms with Crippen LogP contribution in [0.3, 0.4) is 0 Å². The summed E-state index contributed by atoms with van der Waals surface area (Å²) < 4.78 is 32.9. The lowest BCUT2D eigenvalue weighted by Gasteiger charge is -2.12. The Balaban J connectivity index is 1.64. The molecule has 1 fully saturated rings. The number of hydrogen-bond donors (Lipinski definition) is 2. The Kier molecular flexibility index (Phi) is 5.97. The Labute approximate surface area is 152 Å². The normalized spacial score (nSPS) is 17.2. The third-order valence-electron chi connectivity index (χ3n) is 4.11. The molecule has 1 aliphatic heterocycles. The van der Waals surface area contributed by atoms with Gasteiger partial charge in [0.2, 0.25) is 10.0 Å². The van der Waals surface area contributed by atoms with Crippen molar-refractivity contribution in [2.45, 2.75) is 30.4 Å². The third-order valence-corrected chi connectivity index (χ3v) is 5.51. The minimum Gasteiger partial charge on any atom is -0.376 e. The number of carbonyl (C=O) groups is 1. The van der Waals surface area contributed by atoms with Gasteiger partial charge in [-0.1, -0.05) is 12.1 Å². The van der Waals surface area contributed by atoms with E-state index in [1.165, 1.54) is 12.1 Å². The van der Waals surface area contributed by atoms with Gasteiger partial charge in [0.15, 0.2) is 0 Å². The third kappa shape index (κ3) is 4.87. The van der Waals surface area contributed by atoms with Crippen molar-refractivity contribution in [2.75, 3.05) is 13.2 Å². The molecule has 0 aliphatic carbocycles. The predicted octanol–water partition coefficient (Wildman–Crippen LogP) is 1.47. The number of pyridine rings is 1. The van der Waals surface area contributed by atoms with E-state index < -0.39 is 10.0 Å². The lowest BCUT2D eigenvalue weighted by atomic mass is 10.2. The topological polar surface area (TPSA) is 97.4 Å². The van der Waals surface area contributed by atoms with E-state index in [2.05, 4.69) is 15.0 Å². The SMILES string of the molecule is O=C(NCC1CCCO1)c1cccc(S(=O)(=O)NCc2cccnc2)c1. The molecule has 1 aromatic heterocycles. The van der Waals surface area contributed by atoms with E-state index in [9.17, 15) is 13.2 Å². The number of amides is 1. The van der Waals surface area contributed by atoms with Crippen molar-refractivity contribution in [1.82, 2.24) is 15.0 Å². The number of nitrogens with zero attached hydrogens (tertiary/aromatic N) is 1. The maximum absolute atomic E-state index is 12.5. The van der Waals surface area contributed by atoms with Crippen molar-refractivity contribution in [1.29, 1.82) is 0 Å². The van der Waals surface area contributed by atoms with Gasteiger partial charge in [0.25, 0.3) is 5.91 Å². The average Bonchev–Trinajstić information content (AvgIpc) is 3.19. The van der Waals surface area contributed by atoms with E-state index in [-0.39, 0.29) is 23.5 Å². The van der Waals surface area contributed by atoms with Crippen LogP contribution >= 0.6 is 0 Å². The highest BCUT2D eigenvalue weighted by Gasteiger charge is 2.19. The van der Waals surface area contributed by atoms with Crippen LogP contribution in [0, 0.1) is 0 Å². The molecule has 1 atom stereocenters. The average molecular weight is 375 g/mol. The highest BCUT2D eigenvalue weighted by atomic mass is 32.2. The van der Waals surface area contributed by atoms with Gasteiger partial charge in [-0.15, -0.1) is 0 Å². The van der Waals surface area contributed by atoms with E-state index >= 15 is 0 Å². The molecule has 2 aromatic rings. The highest BCUT2D eigenvalue weighted by molar-refractivity contribution is 7.89. The van der Waals surface area contributed by atoms with Crippen molar-refractivity contribution in [3.05, 3.63) is 59.9 Å². The molecule has 1 amide bonds. The minimum atomic E-state index is -3.73. The standard InChI is InChI=1S/C18H21N3O4S/c22-18(20-13-16-6-3-9-25-16)15-5-1-7-17(10-15)26(23,24)21-12-14-4-2-8-19-11-14/h1-2,4-5,7-8,10-11,16,21H,3,6,9,12-13H2,(H,20,22). The van der Waals surface area contributed by atoms with E-state index in [4.69, 9.17) is 4.74 Å². The first-order chi connectivity index (χ1) is 12.5. The first kappa shape index (κ1) is 18.5. The molecule has 1 aromatic carbocycles. The van der Waals surface area contributed by atoms with E-state index in [1.807, 2.05) is 0 Å². The fraction of sp³-hybridized carbons (Fsp3) is 0.333.